The number of rotatable bonds is 4. The van der Waals surface area contributed by atoms with E-state index in [1.807, 2.05) is 43.3 Å². The molecule has 0 heterocycles. The monoisotopic (exact) mass is 451 g/mol. The lowest BCUT2D eigenvalue weighted by molar-refractivity contribution is 0.595. The molecule has 3 nitrogen and oxygen atoms in total. The van der Waals surface area contributed by atoms with Crippen LogP contribution in [0.5, 0.6) is 0 Å². The summed E-state index contributed by atoms with van der Waals surface area (Å²) in [5, 5.41) is 0. The average molecular weight is 452 g/mol. The summed E-state index contributed by atoms with van der Waals surface area (Å²) >= 11 is 3.41. The van der Waals surface area contributed by atoms with E-state index in [2.05, 4.69) is 27.8 Å². The van der Waals surface area contributed by atoms with Crippen molar-refractivity contribution < 1.29 is 8.42 Å². The van der Waals surface area contributed by atoms with Crippen molar-refractivity contribution >= 4 is 31.6 Å². The maximum Gasteiger partial charge on any atom is 0.269 e. The quantitative estimate of drug-likeness (QED) is 0.389. The largest absolute Gasteiger partial charge is 0.269 e. The molecule has 0 saturated carbocycles. The van der Waals surface area contributed by atoms with Crippen molar-refractivity contribution in [3.05, 3.63) is 107 Å². The SMILES string of the molecule is Cc1ccc(S(=O)(=O)N(/C(Br)=C\C#Cc2ccccc2)c2ccccc2)cc1. The molecule has 3 rings (SSSR count). The number of aryl methyl sites for hydroxylation is 1. The van der Waals surface area contributed by atoms with Gasteiger partial charge in [-0.25, -0.2) is 12.7 Å². The molecule has 0 amide bonds. The second kappa shape index (κ2) is 8.92. The number of sulfonamides is 1. The highest BCUT2D eigenvalue weighted by molar-refractivity contribution is 9.12. The average Bonchev–Trinajstić information content (AvgIpc) is 2.70. The van der Waals surface area contributed by atoms with Gasteiger partial charge in [0, 0.05) is 11.6 Å². The number of halogens is 1. The lowest BCUT2D eigenvalue weighted by atomic mass is 10.2. The van der Waals surface area contributed by atoms with Gasteiger partial charge < -0.3 is 0 Å². The van der Waals surface area contributed by atoms with Gasteiger partial charge in [-0.05, 0) is 59.3 Å². The summed E-state index contributed by atoms with van der Waals surface area (Å²) in [6.07, 6.45) is 1.55. The van der Waals surface area contributed by atoms with Crippen LogP contribution in [0.4, 0.5) is 5.69 Å². The molecular formula is C23H18BrNO2S. The van der Waals surface area contributed by atoms with Gasteiger partial charge in [0.05, 0.1) is 10.6 Å². The zero-order chi connectivity index (χ0) is 20.0. The molecule has 5 heteroatoms. The van der Waals surface area contributed by atoms with Gasteiger partial charge >= 0.3 is 0 Å². The van der Waals surface area contributed by atoms with Gasteiger partial charge in [0.2, 0.25) is 0 Å². The molecule has 0 saturated heterocycles. The van der Waals surface area contributed by atoms with E-state index in [1.165, 1.54) is 4.31 Å². The zero-order valence-electron chi connectivity index (χ0n) is 15.2. The van der Waals surface area contributed by atoms with Crippen molar-refractivity contribution in [2.75, 3.05) is 4.31 Å². The van der Waals surface area contributed by atoms with Gasteiger partial charge in [-0.1, -0.05) is 65.9 Å². The Bertz CT molecular complexity index is 1130. The van der Waals surface area contributed by atoms with Crippen molar-refractivity contribution in [1.29, 1.82) is 0 Å². The summed E-state index contributed by atoms with van der Waals surface area (Å²) in [6.45, 7) is 1.92. The van der Waals surface area contributed by atoms with Gasteiger partial charge in [-0.2, -0.15) is 0 Å². The van der Waals surface area contributed by atoms with Gasteiger partial charge in [-0.15, -0.1) is 0 Å². The lowest BCUT2D eigenvalue weighted by Gasteiger charge is -2.23. The second-order valence-electron chi connectivity index (χ2n) is 6.02. The number of nitrogens with zero attached hydrogens (tertiary/aromatic N) is 1. The maximum absolute atomic E-state index is 13.3. The Labute approximate surface area is 174 Å². The molecule has 3 aromatic rings. The topological polar surface area (TPSA) is 37.4 Å². The first-order valence-electron chi connectivity index (χ1n) is 8.58. The summed E-state index contributed by atoms with van der Waals surface area (Å²) in [5.41, 5.74) is 2.37. The molecule has 28 heavy (non-hydrogen) atoms. The van der Waals surface area contributed by atoms with Crippen LogP contribution in [0.1, 0.15) is 11.1 Å². The predicted molar refractivity (Wildman–Crippen MR) is 118 cm³/mol. The molecular weight excluding hydrogens is 434 g/mol. The fourth-order valence-corrected chi connectivity index (χ4v) is 4.78. The standard InChI is InChI=1S/C23H18BrNO2S/c1-19-15-17-22(18-16-19)28(26,27)25(21-12-6-3-7-13-21)23(24)14-8-11-20-9-4-2-5-10-20/h2-7,9-10,12-18H,1H3/b23-14-. The molecule has 0 N–H and O–H groups in total. The van der Waals surface area contributed by atoms with E-state index in [-0.39, 0.29) is 4.90 Å². The molecule has 0 aliphatic rings. The molecule has 0 unspecified atom stereocenters. The van der Waals surface area contributed by atoms with Crippen LogP contribution < -0.4 is 4.31 Å². The molecule has 0 aliphatic heterocycles. The van der Waals surface area contributed by atoms with Crippen molar-refractivity contribution in [3.8, 4) is 11.8 Å². The highest BCUT2D eigenvalue weighted by Crippen LogP contribution is 2.30. The van der Waals surface area contributed by atoms with E-state index >= 15 is 0 Å². The molecule has 0 radical (unpaired) electrons. The molecule has 0 spiro atoms. The van der Waals surface area contributed by atoms with E-state index in [4.69, 9.17) is 0 Å². The Morgan fingerprint density at radius 3 is 2.07 bits per heavy atom. The molecule has 0 bridgehead atoms. The van der Waals surface area contributed by atoms with Crippen LogP contribution in [-0.2, 0) is 10.0 Å². The van der Waals surface area contributed by atoms with Crippen LogP contribution in [0, 0.1) is 18.8 Å². The minimum atomic E-state index is -3.81. The Hall–Kier alpha value is -2.81. The van der Waals surface area contributed by atoms with E-state index in [0.717, 1.165) is 11.1 Å². The normalized spacial score (nSPS) is 11.4. The first kappa shape index (κ1) is 19.9. The molecule has 0 atom stereocenters. The summed E-state index contributed by atoms with van der Waals surface area (Å²) in [6, 6.07) is 25.2. The Kier molecular flexibility index (Phi) is 6.35. The van der Waals surface area contributed by atoms with E-state index < -0.39 is 10.0 Å². The van der Waals surface area contributed by atoms with Gasteiger partial charge in [0.25, 0.3) is 10.0 Å². The van der Waals surface area contributed by atoms with Crippen LogP contribution >= 0.6 is 15.9 Å². The Balaban J connectivity index is 2.04. The summed E-state index contributed by atoms with van der Waals surface area (Å²) in [4.78, 5) is 0.211. The fraction of sp³-hybridized carbons (Fsp3) is 0.0435. The summed E-state index contributed by atoms with van der Waals surface area (Å²) in [5.74, 6) is 5.92. The maximum atomic E-state index is 13.3. The number of anilines is 1. The highest BCUT2D eigenvalue weighted by atomic mass is 79.9. The first-order valence-corrected chi connectivity index (χ1v) is 10.8. The molecule has 3 aromatic carbocycles. The number of hydrogen-bond acceptors (Lipinski definition) is 2. The van der Waals surface area contributed by atoms with Crippen molar-refractivity contribution in [1.82, 2.24) is 0 Å². The minimum Gasteiger partial charge on any atom is -0.227 e. The fourth-order valence-electron chi connectivity index (χ4n) is 2.52. The van der Waals surface area contributed by atoms with Crippen molar-refractivity contribution in [2.24, 2.45) is 0 Å². The smallest absolute Gasteiger partial charge is 0.227 e. The van der Waals surface area contributed by atoms with Crippen LogP contribution in [0.3, 0.4) is 0 Å². The Morgan fingerprint density at radius 2 is 1.46 bits per heavy atom. The third-order valence-electron chi connectivity index (χ3n) is 3.93. The van der Waals surface area contributed by atoms with Crippen LogP contribution in [0.2, 0.25) is 0 Å². The van der Waals surface area contributed by atoms with Crippen molar-refractivity contribution in [3.63, 3.8) is 0 Å². The van der Waals surface area contributed by atoms with Crippen LogP contribution in [0.15, 0.2) is 101 Å². The van der Waals surface area contributed by atoms with Gasteiger partial charge in [0.1, 0.15) is 4.61 Å². The highest BCUT2D eigenvalue weighted by Gasteiger charge is 2.27. The minimum absolute atomic E-state index is 0.211. The molecule has 0 aliphatic carbocycles. The van der Waals surface area contributed by atoms with Crippen LogP contribution in [0.25, 0.3) is 0 Å². The molecule has 0 aromatic heterocycles. The molecule has 140 valence electrons. The van der Waals surface area contributed by atoms with Gasteiger partial charge in [-0.3, -0.25) is 0 Å². The van der Waals surface area contributed by atoms with E-state index in [0.29, 0.717) is 10.3 Å². The summed E-state index contributed by atoms with van der Waals surface area (Å²) < 4.78 is 28.2. The number of allylic oxidation sites excluding steroid dienone is 1. The molecule has 0 fully saturated rings. The van der Waals surface area contributed by atoms with E-state index in [9.17, 15) is 8.42 Å². The lowest BCUT2D eigenvalue weighted by Crippen LogP contribution is -2.28. The number of benzene rings is 3. The third kappa shape index (κ3) is 4.72. The number of para-hydroxylation sites is 1. The van der Waals surface area contributed by atoms with Crippen LogP contribution in [-0.4, -0.2) is 8.42 Å². The van der Waals surface area contributed by atoms with Crippen molar-refractivity contribution in [2.45, 2.75) is 11.8 Å². The summed E-state index contributed by atoms with van der Waals surface area (Å²) in [7, 11) is -3.81. The second-order valence-corrected chi connectivity index (χ2v) is 8.62. The Morgan fingerprint density at radius 1 is 0.893 bits per heavy atom. The van der Waals surface area contributed by atoms with E-state index in [1.54, 1.807) is 54.6 Å². The van der Waals surface area contributed by atoms with Gasteiger partial charge in [0.15, 0.2) is 0 Å². The third-order valence-corrected chi connectivity index (χ3v) is 6.50. The zero-order valence-corrected chi connectivity index (χ0v) is 17.6. The number of hydrogen-bond donors (Lipinski definition) is 0. The predicted octanol–water partition coefficient (Wildman–Crippen LogP) is 5.48. The first-order chi connectivity index (χ1) is 13.5.